The number of benzene rings is 1. The molecule has 1 N–H and O–H groups in total. The molecule has 4 rings (SSSR count). The van der Waals surface area contributed by atoms with Gasteiger partial charge in [-0.3, -0.25) is 5.32 Å². The fourth-order valence-electron chi connectivity index (χ4n) is 3.99. The molecule has 1 atom stereocenters. The Morgan fingerprint density at radius 3 is 2.62 bits per heavy atom. The number of methoxy groups -OCH3 is 2. The van der Waals surface area contributed by atoms with Crippen LogP contribution in [0.2, 0.25) is 0 Å². The Hall–Kier alpha value is -3.73. The first-order valence-electron chi connectivity index (χ1n) is 10.6. The summed E-state index contributed by atoms with van der Waals surface area (Å²) in [5.41, 5.74) is 1.67. The summed E-state index contributed by atoms with van der Waals surface area (Å²) in [7, 11) is 2.46. The van der Waals surface area contributed by atoms with Crippen molar-refractivity contribution in [1.29, 1.82) is 0 Å². The molecule has 34 heavy (non-hydrogen) atoms. The number of halogens is 2. The van der Waals surface area contributed by atoms with Crippen molar-refractivity contribution in [3.05, 3.63) is 53.4 Å². The third-order valence-electron chi connectivity index (χ3n) is 5.58. The van der Waals surface area contributed by atoms with E-state index in [0.717, 1.165) is 24.8 Å². The van der Waals surface area contributed by atoms with Crippen molar-refractivity contribution in [3.8, 4) is 11.3 Å². The molecule has 180 valence electrons. The molecule has 0 unspecified atom stereocenters. The zero-order valence-corrected chi connectivity index (χ0v) is 18.9. The van der Waals surface area contributed by atoms with Crippen molar-refractivity contribution in [2.24, 2.45) is 0 Å². The molecule has 0 aliphatic carbocycles. The first-order valence-corrected chi connectivity index (χ1v) is 10.6. The van der Waals surface area contributed by atoms with Crippen LogP contribution in [0.4, 0.5) is 24.1 Å². The highest BCUT2D eigenvalue weighted by Gasteiger charge is 2.29. The smallest absolute Gasteiger partial charge is 0.411 e. The highest BCUT2D eigenvalue weighted by atomic mass is 19.1. The van der Waals surface area contributed by atoms with Crippen LogP contribution in [0.5, 0.6) is 0 Å². The predicted molar refractivity (Wildman–Crippen MR) is 119 cm³/mol. The maximum absolute atomic E-state index is 15.1. The second-order valence-electron chi connectivity index (χ2n) is 7.88. The summed E-state index contributed by atoms with van der Waals surface area (Å²) < 4.78 is 47.2. The molecule has 1 fully saturated rings. The summed E-state index contributed by atoms with van der Waals surface area (Å²) in [5.74, 6) is -1.79. The third-order valence-corrected chi connectivity index (χ3v) is 5.58. The molecule has 0 saturated carbocycles. The van der Waals surface area contributed by atoms with Crippen LogP contribution in [0.15, 0.2) is 30.5 Å². The van der Waals surface area contributed by atoms with Crippen LogP contribution in [-0.4, -0.2) is 66.5 Å². The molecule has 3 heterocycles. The van der Waals surface area contributed by atoms with Crippen molar-refractivity contribution in [2.45, 2.75) is 19.4 Å². The summed E-state index contributed by atoms with van der Waals surface area (Å²) in [6.07, 6.45) is 0.279. The number of hydrogen-bond acceptors (Lipinski definition) is 6. The molecular formula is C23H24F2N4O5. The number of morpholine rings is 1. The molecule has 2 aromatic heterocycles. The van der Waals surface area contributed by atoms with Gasteiger partial charge in [0.15, 0.2) is 0 Å². The van der Waals surface area contributed by atoms with E-state index in [4.69, 9.17) is 9.47 Å². The topological polar surface area (TPSA) is 94.4 Å². The molecule has 1 aliphatic rings. The summed E-state index contributed by atoms with van der Waals surface area (Å²) >= 11 is 0. The molecule has 0 radical (unpaired) electrons. The van der Waals surface area contributed by atoms with E-state index in [2.05, 4.69) is 15.0 Å². The average Bonchev–Trinajstić information content (AvgIpc) is 3.14. The van der Waals surface area contributed by atoms with Gasteiger partial charge in [0.2, 0.25) is 0 Å². The van der Waals surface area contributed by atoms with Crippen molar-refractivity contribution < 1.29 is 32.6 Å². The number of ether oxygens (including phenoxy) is 3. The number of carbonyl (C=O) groups is 2. The highest BCUT2D eigenvalue weighted by Crippen LogP contribution is 2.33. The molecule has 1 aliphatic heterocycles. The second-order valence-corrected chi connectivity index (χ2v) is 7.88. The van der Waals surface area contributed by atoms with Gasteiger partial charge in [-0.05, 0) is 36.8 Å². The minimum Gasteiger partial charge on any atom is -0.453 e. The third kappa shape index (κ3) is 4.65. The molecule has 1 aromatic carbocycles. The van der Waals surface area contributed by atoms with Crippen LogP contribution in [0.25, 0.3) is 16.9 Å². The van der Waals surface area contributed by atoms with Crippen LogP contribution >= 0.6 is 0 Å². The lowest BCUT2D eigenvalue weighted by molar-refractivity contribution is -0.0241. The van der Waals surface area contributed by atoms with E-state index in [1.54, 1.807) is 16.7 Å². The van der Waals surface area contributed by atoms with E-state index in [-0.39, 0.29) is 29.9 Å². The Kier molecular flexibility index (Phi) is 6.64. The maximum atomic E-state index is 15.1. The Morgan fingerprint density at radius 2 is 1.94 bits per heavy atom. The van der Waals surface area contributed by atoms with Gasteiger partial charge in [0, 0.05) is 24.8 Å². The summed E-state index contributed by atoms with van der Waals surface area (Å²) in [4.78, 5) is 29.4. The lowest BCUT2D eigenvalue weighted by Crippen LogP contribution is -2.46. The number of imidazole rings is 1. The number of aryl methyl sites for hydroxylation is 1. The van der Waals surface area contributed by atoms with Crippen LogP contribution in [0.1, 0.15) is 11.3 Å². The number of pyridine rings is 1. The zero-order chi connectivity index (χ0) is 24.4. The Labute approximate surface area is 194 Å². The molecule has 3 aromatic rings. The van der Waals surface area contributed by atoms with Gasteiger partial charge in [0.05, 0.1) is 50.4 Å². The number of nitrogens with zero attached hydrogens (tertiary/aromatic N) is 3. The Bertz CT molecular complexity index is 1220. The number of hydrogen-bond donors (Lipinski definition) is 1. The van der Waals surface area contributed by atoms with E-state index in [1.165, 1.54) is 12.0 Å². The number of amides is 2. The largest absolute Gasteiger partial charge is 0.453 e. The zero-order valence-electron chi connectivity index (χ0n) is 18.9. The van der Waals surface area contributed by atoms with Gasteiger partial charge in [-0.15, -0.1) is 0 Å². The van der Waals surface area contributed by atoms with Crippen molar-refractivity contribution in [3.63, 3.8) is 0 Å². The fraction of sp³-hybridized carbons (Fsp3) is 0.348. The van der Waals surface area contributed by atoms with E-state index in [0.29, 0.717) is 24.5 Å². The van der Waals surface area contributed by atoms with Gasteiger partial charge in [0.25, 0.3) is 0 Å². The Morgan fingerprint density at radius 1 is 1.21 bits per heavy atom. The Balaban J connectivity index is 1.76. The van der Waals surface area contributed by atoms with Crippen molar-refractivity contribution in [2.75, 3.05) is 39.2 Å². The van der Waals surface area contributed by atoms with Gasteiger partial charge in [-0.2, -0.15) is 0 Å². The molecule has 0 bridgehead atoms. The SMILES string of the molecule is COC(=O)Nc1cc(F)c(-c2nc3cc(C)ccn3c2C[C@H]2CN(C(=O)OC)CCO2)c(F)c1. The van der Waals surface area contributed by atoms with Crippen LogP contribution < -0.4 is 5.32 Å². The second kappa shape index (κ2) is 9.64. The summed E-state index contributed by atoms with van der Waals surface area (Å²) in [6, 6.07) is 5.67. The minimum absolute atomic E-state index is 0.0870. The van der Waals surface area contributed by atoms with Crippen molar-refractivity contribution >= 4 is 23.5 Å². The summed E-state index contributed by atoms with van der Waals surface area (Å²) in [6.45, 7) is 2.85. The molecule has 2 amide bonds. The van der Waals surface area contributed by atoms with Crippen LogP contribution in [-0.2, 0) is 20.6 Å². The minimum atomic E-state index is -0.895. The first-order chi connectivity index (χ1) is 16.3. The van der Waals surface area contributed by atoms with E-state index < -0.39 is 29.9 Å². The standard InChI is InChI=1S/C23H24F2N4O5/c1-13-4-5-29-18(11-15-12-28(6-7-34-15)23(31)33-3)21(27-19(29)8-13)20-16(24)9-14(10-17(20)25)26-22(30)32-2/h4-5,8-10,15H,6-7,11-12H2,1-3H3,(H,26,30)/t15-/m0/s1. The van der Waals surface area contributed by atoms with E-state index >= 15 is 8.78 Å². The number of aromatic nitrogens is 2. The van der Waals surface area contributed by atoms with E-state index in [9.17, 15) is 9.59 Å². The molecule has 0 spiro atoms. The average molecular weight is 474 g/mol. The van der Waals surface area contributed by atoms with Gasteiger partial charge in [-0.25, -0.2) is 23.4 Å². The van der Waals surface area contributed by atoms with Gasteiger partial charge in [0.1, 0.15) is 17.3 Å². The lowest BCUT2D eigenvalue weighted by Gasteiger charge is -2.32. The number of nitrogens with one attached hydrogen (secondary N) is 1. The molecule has 11 heteroatoms. The number of fused-ring (bicyclic) bond motifs is 1. The molecular weight excluding hydrogens is 450 g/mol. The quantitative estimate of drug-likeness (QED) is 0.619. The van der Waals surface area contributed by atoms with Gasteiger partial charge < -0.3 is 23.5 Å². The lowest BCUT2D eigenvalue weighted by atomic mass is 10.0. The molecule has 1 saturated heterocycles. The maximum Gasteiger partial charge on any atom is 0.411 e. The van der Waals surface area contributed by atoms with Crippen LogP contribution in [0.3, 0.4) is 0 Å². The predicted octanol–water partition coefficient (Wildman–Crippen LogP) is 3.78. The van der Waals surface area contributed by atoms with Crippen LogP contribution in [0, 0.1) is 18.6 Å². The fourth-order valence-corrected chi connectivity index (χ4v) is 3.99. The highest BCUT2D eigenvalue weighted by molar-refractivity contribution is 5.85. The van der Waals surface area contributed by atoms with E-state index in [1.807, 2.05) is 13.0 Å². The summed E-state index contributed by atoms with van der Waals surface area (Å²) in [5, 5.41) is 2.25. The number of anilines is 1. The van der Waals surface area contributed by atoms with Gasteiger partial charge >= 0.3 is 12.2 Å². The number of carbonyl (C=O) groups excluding carboxylic acids is 2. The molecule has 9 nitrogen and oxygen atoms in total. The monoisotopic (exact) mass is 474 g/mol. The first kappa shape index (κ1) is 23.4. The number of rotatable bonds is 4. The van der Waals surface area contributed by atoms with Crippen molar-refractivity contribution in [1.82, 2.24) is 14.3 Å². The normalized spacial score (nSPS) is 15.9. The van der Waals surface area contributed by atoms with Gasteiger partial charge in [-0.1, -0.05) is 0 Å².